The van der Waals surface area contributed by atoms with Crippen molar-refractivity contribution in [1.82, 2.24) is 0 Å². The summed E-state index contributed by atoms with van der Waals surface area (Å²) in [6, 6.07) is 0. The van der Waals surface area contributed by atoms with Crippen molar-refractivity contribution >= 4 is 0 Å². The Labute approximate surface area is 87.3 Å². The molecule has 0 aromatic heterocycles. The Kier molecular flexibility index (Phi) is 4.90. The average molecular weight is 200 g/mol. The third-order valence-corrected chi connectivity index (χ3v) is 4.00. The summed E-state index contributed by atoms with van der Waals surface area (Å²) in [6.45, 7) is 0. The van der Waals surface area contributed by atoms with E-state index in [4.69, 9.17) is 10.2 Å². The van der Waals surface area contributed by atoms with Gasteiger partial charge in [-0.25, -0.2) is 0 Å². The van der Waals surface area contributed by atoms with Crippen LogP contribution < -0.4 is 0 Å². The molecule has 0 saturated heterocycles. The maximum absolute atomic E-state index is 7.00. The van der Waals surface area contributed by atoms with Crippen molar-refractivity contribution in [3.05, 3.63) is 0 Å². The van der Waals surface area contributed by atoms with E-state index in [1.165, 1.54) is 23.7 Å². The first-order valence-corrected chi connectivity index (χ1v) is 5.79. The first-order chi connectivity index (χ1) is 6.90. The van der Waals surface area contributed by atoms with E-state index in [0.717, 1.165) is 14.2 Å². The molecule has 4 saturated carbocycles. The van der Waals surface area contributed by atoms with Gasteiger partial charge in [-0.05, 0) is 62.2 Å². The van der Waals surface area contributed by atoms with Crippen molar-refractivity contribution in [3.63, 3.8) is 0 Å². The summed E-state index contributed by atoms with van der Waals surface area (Å²) in [5.74, 6) is 4.71. The molecular weight excluding hydrogens is 176 g/mol. The zero-order chi connectivity index (χ0) is 10.6. The SMILES string of the molecule is C1C2CC3CC1CC(C2)C3.CO.CO. The topological polar surface area (TPSA) is 40.5 Å². The second-order valence-corrected chi connectivity index (χ2v) is 4.88. The standard InChI is InChI=1S/C10H16.2CH4O/c1-7-2-9-4-8(1)5-10(3-7)6-9;2*1-2/h7-10H,1-6H2;2*2H,1H3. The summed E-state index contributed by atoms with van der Waals surface area (Å²) in [4.78, 5) is 0. The summed E-state index contributed by atoms with van der Waals surface area (Å²) < 4.78 is 0. The maximum Gasteiger partial charge on any atom is 0.0319 e. The van der Waals surface area contributed by atoms with Gasteiger partial charge >= 0.3 is 0 Å². The summed E-state index contributed by atoms with van der Waals surface area (Å²) in [5, 5.41) is 14.0. The van der Waals surface area contributed by atoms with Crippen molar-refractivity contribution in [2.75, 3.05) is 14.2 Å². The predicted molar refractivity (Wildman–Crippen MR) is 57.9 cm³/mol. The van der Waals surface area contributed by atoms with Crippen LogP contribution in [-0.2, 0) is 0 Å². The minimum atomic E-state index is 1.00. The highest BCUT2D eigenvalue weighted by Crippen LogP contribution is 2.53. The third-order valence-electron chi connectivity index (χ3n) is 4.00. The zero-order valence-electron chi connectivity index (χ0n) is 9.45. The molecule has 4 fully saturated rings. The fourth-order valence-electron chi connectivity index (χ4n) is 3.98. The lowest BCUT2D eigenvalue weighted by molar-refractivity contribution is 0.0198. The molecule has 2 nitrogen and oxygen atoms in total. The van der Waals surface area contributed by atoms with Crippen LogP contribution in [0.15, 0.2) is 0 Å². The van der Waals surface area contributed by atoms with E-state index >= 15 is 0 Å². The highest BCUT2D eigenvalue weighted by molar-refractivity contribution is 4.92. The molecule has 4 aliphatic rings. The Balaban J connectivity index is 0.000000222. The lowest BCUT2D eigenvalue weighted by Crippen LogP contribution is -2.38. The molecule has 0 aliphatic heterocycles. The fraction of sp³-hybridized carbons (Fsp3) is 1.00. The van der Waals surface area contributed by atoms with Crippen molar-refractivity contribution in [3.8, 4) is 0 Å². The Morgan fingerprint density at radius 3 is 0.786 bits per heavy atom. The Bertz CT molecular complexity index is 99.9. The number of rotatable bonds is 0. The molecule has 0 atom stereocenters. The van der Waals surface area contributed by atoms with Crippen LogP contribution in [0, 0.1) is 23.7 Å². The summed E-state index contributed by atoms with van der Waals surface area (Å²) >= 11 is 0. The Hall–Kier alpha value is -0.0800. The van der Waals surface area contributed by atoms with Crippen LogP contribution >= 0.6 is 0 Å². The van der Waals surface area contributed by atoms with Gasteiger partial charge in [0.2, 0.25) is 0 Å². The van der Waals surface area contributed by atoms with E-state index in [1.807, 2.05) is 0 Å². The van der Waals surface area contributed by atoms with Gasteiger partial charge in [-0.2, -0.15) is 0 Å². The van der Waals surface area contributed by atoms with E-state index in [0.29, 0.717) is 0 Å². The average Bonchev–Trinajstić information content (AvgIpc) is 2.22. The first-order valence-electron chi connectivity index (χ1n) is 5.79. The smallest absolute Gasteiger partial charge is 0.0319 e. The predicted octanol–water partition coefficient (Wildman–Crippen LogP) is 2.05. The van der Waals surface area contributed by atoms with Crippen LogP contribution in [0.3, 0.4) is 0 Å². The van der Waals surface area contributed by atoms with E-state index in [9.17, 15) is 0 Å². The molecule has 84 valence electrons. The maximum atomic E-state index is 7.00. The van der Waals surface area contributed by atoms with Crippen molar-refractivity contribution in [2.45, 2.75) is 38.5 Å². The van der Waals surface area contributed by atoms with Gasteiger partial charge in [0.05, 0.1) is 0 Å². The number of aliphatic hydroxyl groups excluding tert-OH is 2. The second-order valence-electron chi connectivity index (χ2n) is 4.88. The van der Waals surface area contributed by atoms with Gasteiger partial charge in [0.25, 0.3) is 0 Å². The molecule has 0 unspecified atom stereocenters. The lowest BCUT2D eigenvalue weighted by atomic mass is 9.56. The number of aliphatic hydroxyl groups is 2. The first kappa shape index (κ1) is 12.0. The monoisotopic (exact) mass is 200 g/mol. The molecule has 0 aromatic carbocycles. The highest BCUT2D eigenvalue weighted by Gasteiger charge is 2.41. The van der Waals surface area contributed by atoms with Crippen molar-refractivity contribution in [2.24, 2.45) is 23.7 Å². The van der Waals surface area contributed by atoms with Gasteiger partial charge in [0, 0.05) is 14.2 Å². The van der Waals surface area contributed by atoms with Gasteiger partial charge < -0.3 is 10.2 Å². The van der Waals surface area contributed by atoms with Gasteiger partial charge in [-0.3, -0.25) is 0 Å². The summed E-state index contributed by atoms with van der Waals surface area (Å²) in [5.41, 5.74) is 0. The van der Waals surface area contributed by atoms with Gasteiger partial charge in [0.15, 0.2) is 0 Å². The molecule has 4 rings (SSSR count). The van der Waals surface area contributed by atoms with Gasteiger partial charge in [-0.15, -0.1) is 0 Å². The molecule has 0 heterocycles. The molecule has 0 radical (unpaired) electrons. The second kappa shape index (κ2) is 5.72. The van der Waals surface area contributed by atoms with E-state index in [-0.39, 0.29) is 0 Å². The van der Waals surface area contributed by atoms with Gasteiger partial charge in [0.1, 0.15) is 0 Å². The van der Waals surface area contributed by atoms with Crippen LogP contribution in [0.5, 0.6) is 0 Å². The normalized spacial score (nSPS) is 42.0. The molecular formula is C12H24O2. The van der Waals surface area contributed by atoms with E-state index < -0.39 is 0 Å². The minimum Gasteiger partial charge on any atom is -0.400 e. The largest absolute Gasteiger partial charge is 0.400 e. The fourth-order valence-corrected chi connectivity index (χ4v) is 3.98. The molecule has 0 amide bonds. The summed E-state index contributed by atoms with van der Waals surface area (Å²) in [7, 11) is 2.00. The van der Waals surface area contributed by atoms with Crippen molar-refractivity contribution in [1.29, 1.82) is 0 Å². The molecule has 4 bridgehead atoms. The van der Waals surface area contributed by atoms with E-state index in [2.05, 4.69) is 0 Å². The third kappa shape index (κ3) is 2.48. The van der Waals surface area contributed by atoms with Gasteiger partial charge in [-0.1, -0.05) is 0 Å². The van der Waals surface area contributed by atoms with Crippen LogP contribution in [-0.4, -0.2) is 24.4 Å². The molecule has 0 spiro atoms. The van der Waals surface area contributed by atoms with Crippen LogP contribution in [0.2, 0.25) is 0 Å². The van der Waals surface area contributed by atoms with Crippen LogP contribution in [0.1, 0.15) is 38.5 Å². The quantitative estimate of drug-likeness (QED) is 0.628. The Morgan fingerprint density at radius 1 is 0.500 bits per heavy atom. The Morgan fingerprint density at radius 2 is 0.643 bits per heavy atom. The lowest BCUT2D eigenvalue weighted by Gasteiger charge is -2.49. The van der Waals surface area contributed by atoms with E-state index in [1.54, 1.807) is 38.5 Å². The molecule has 0 aromatic rings. The molecule has 14 heavy (non-hydrogen) atoms. The van der Waals surface area contributed by atoms with Crippen LogP contribution in [0.4, 0.5) is 0 Å². The molecule has 4 aliphatic carbocycles. The van der Waals surface area contributed by atoms with Crippen molar-refractivity contribution < 1.29 is 10.2 Å². The number of hydrogen-bond donors (Lipinski definition) is 2. The minimum absolute atomic E-state index is 1.00. The molecule has 2 heteroatoms. The summed E-state index contributed by atoms with van der Waals surface area (Å²) in [6.07, 6.45) is 9.62. The highest BCUT2D eigenvalue weighted by atomic mass is 16.2. The van der Waals surface area contributed by atoms with Crippen LogP contribution in [0.25, 0.3) is 0 Å². The molecule has 2 N–H and O–H groups in total. The zero-order valence-corrected chi connectivity index (χ0v) is 9.45. The number of hydrogen-bond acceptors (Lipinski definition) is 2.